The van der Waals surface area contributed by atoms with Crippen LogP contribution in [0, 0.1) is 20.7 Å². The van der Waals surface area contributed by atoms with Crippen LogP contribution in [0.5, 0.6) is 0 Å². The van der Waals surface area contributed by atoms with Crippen LogP contribution in [0.4, 0.5) is 9.39 Å². The molecule has 0 aliphatic rings. The summed E-state index contributed by atoms with van der Waals surface area (Å²) in [5.74, 6) is -0.313. The highest BCUT2D eigenvalue weighted by Crippen LogP contribution is 2.36. The molecular weight excluding hydrogens is 314 g/mol. The number of hydrogen-bond donors (Lipinski definition) is 1. The van der Waals surface area contributed by atoms with E-state index in [1.807, 2.05) is 28.7 Å². The molecule has 0 atom stereocenters. The molecule has 2 N–H and O–H groups in total. The van der Waals surface area contributed by atoms with Gasteiger partial charge in [0.2, 0.25) is 0 Å². The normalized spacial score (nSPS) is 10.4. The Hall–Kier alpha value is -0.870. The van der Waals surface area contributed by atoms with Crippen molar-refractivity contribution >= 4 is 49.0 Å². The SMILES string of the molecule is N#Cc1c(N)sc2ccc(F)c(I)c12. The van der Waals surface area contributed by atoms with E-state index in [1.54, 1.807) is 6.07 Å². The number of nitriles is 1. The second-order valence-electron chi connectivity index (χ2n) is 2.69. The Bertz CT molecular complexity index is 556. The highest BCUT2D eigenvalue weighted by Gasteiger charge is 2.14. The van der Waals surface area contributed by atoms with E-state index in [9.17, 15) is 4.39 Å². The van der Waals surface area contributed by atoms with Gasteiger partial charge < -0.3 is 5.73 Å². The van der Waals surface area contributed by atoms with Crippen LogP contribution in [-0.2, 0) is 0 Å². The lowest BCUT2D eigenvalue weighted by atomic mass is 10.2. The molecule has 0 fully saturated rings. The first kappa shape index (κ1) is 9.68. The van der Waals surface area contributed by atoms with Gasteiger partial charge in [-0.25, -0.2) is 4.39 Å². The van der Waals surface area contributed by atoms with E-state index in [2.05, 4.69) is 0 Å². The number of nitrogens with zero attached hydrogens (tertiary/aromatic N) is 1. The smallest absolute Gasteiger partial charge is 0.137 e. The molecule has 1 aromatic heterocycles. The van der Waals surface area contributed by atoms with Gasteiger partial charge in [-0.15, -0.1) is 11.3 Å². The quantitative estimate of drug-likeness (QED) is 0.759. The van der Waals surface area contributed by atoms with Crippen LogP contribution in [0.3, 0.4) is 0 Å². The largest absolute Gasteiger partial charge is 0.389 e. The Balaban J connectivity index is 3.00. The summed E-state index contributed by atoms with van der Waals surface area (Å²) in [5.41, 5.74) is 6.04. The zero-order valence-electron chi connectivity index (χ0n) is 6.84. The molecule has 2 rings (SSSR count). The molecule has 1 heterocycles. The third-order valence-electron chi connectivity index (χ3n) is 1.88. The number of nitrogen functional groups attached to an aromatic ring is 1. The van der Waals surface area contributed by atoms with Gasteiger partial charge in [-0.1, -0.05) is 0 Å². The number of rotatable bonds is 0. The average Bonchev–Trinajstić information content (AvgIpc) is 2.48. The third kappa shape index (κ3) is 1.26. The lowest BCUT2D eigenvalue weighted by molar-refractivity contribution is 0.623. The summed E-state index contributed by atoms with van der Waals surface area (Å²) in [6, 6.07) is 5.04. The minimum atomic E-state index is -0.313. The lowest BCUT2D eigenvalue weighted by Gasteiger charge is -1.96. The molecule has 0 spiro atoms. The Kier molecular flexibility index (Phi) is 2.33. The number of thiophene rings is 1. The van der Waals surface area contributed by atoms with Gasteiger partial charge in [0.05, 0.1) is 9.13 Å². The number of fused-ring (bicyclic) bond motifs is 1. The summed E-state index contributed by atoms with van der Waals surface area (Å²) in [4.78, 5) is 0. The standard InChI is InChI=1S/C9H4FIN2S/c10-5-1-2-6-7(8(5)11)4(3-12)9(13)14-6/h1-2H,13H2. The number of nitrogens with two attached hydrogens (primary N) is 1. The average molecular weight is 318 g/mol. The number of benzene rings is 1. The van der Waals surface area contributed by atoms with Crippen molar-refractivity contribution in [1.29, 1.82) is 5.26 Å². The fourth-order valence-corrected chi connectivity index (χ4v) is 3.11. The highest BCUT2D eigenvalue weighted by molar-refractivity contribution is 14.1. The van der Waals surface area contributed by atoms with Crippen molar-refractivity contribution in [1.82, 2.24) is 0 Å². The molecule has 0 saturated heterocycles. The molecule has 0 aliphatic heterocycles. The molecule has 0 bridgehead atoms. The molecular formula is C9H4FIN2S. The molecule has 0 amide bonds. The van der Waals surface area contributed by atoms with Gasteiger partial charge >= 0.3 is 0 Å². The summed E-state index contributed by atoms with van der Waals surface area (Å²) in [7, 11) is 0. The van der Waals surface area contributed by atoms with E-state index in [0.717, 1.165) is 4.70 Å². The first-order valence-corrected chi connectivity index (χ1v) is 5.60. The van der Waals surface area contributed by atoms with Crippen LogP contribution >= 0.6 is 33.9 Å². The van der Waals surface area contributed by atoms with E-state index in [1.165, 1.54) is 17.4 Å². The molecule has 0 saturated carbocycles. The van der Waals surface area contributed by atoms with Crippen molar-refractivity contribution in [2.24, 2.45) is 0 Å². The Morgan fingerprint density at radius 1 is 1.50 bits per heavy atom. The van der Waals surface area contributed by atoms with Crippen molar-refractivity contribution in [2.75, 3.05) is 5.73 Å². The van der Waals surface area contributed by atoms with Crippen molar-refractivity contribution in [3.8, 4) is 6.07 Å². The third-order valence-corrected chi connectivity index (χ3v) is 3.92. The van der Waals surface area contributed by atoms with E-state index in [0.29, 0.717) is 19.5 Å². The predicted octanol–water partition coefficient (Wildman–Crippen LogP) is 3.10. The van der Waals surface area contributed by atoms with Gasteiger partial charge in [0.1, 0.15) is 16.9 Å². The number of halogens is 2. The Morgan fingerprint density at radius 3 is 2.86 bits per heavy atom. The fraction of sp³-hybridized carbons (Fsp3) is 0. The summed E-state index contributed by atoms with van der Waals surface area (Å²) in [5, 5.41) is 9.96. The first-order chi connectivity index (χ1) is 6.65. The zero-order valence-corrected chi connectivity index (χ0v) is 9.82. The summed E-state index contributed by atoms with van der Waals surface area (Å²) < 4.78 is 14.5. The van der Waals surface area contributed by atoms with E-state index in [-0.39, 0.29) is 5.82 Å². The van der Waals surface area contributed by atoms with Crippen LogP contribution in [0.2, 0.25) is 0 Å². The van der Waals surface area contributed by atoms with Gasteiger partial charge in [0.25, 0.3) is 0 Å². The van der Waals surface area contributed by atoms with Crippen LogP contribution < -0.4 is 5.73 Å². The van der Waals surface area contributed by atoms with E-state index < -0.39 is 0 Å². The summed E-state index contributed by atoms with van der Waals surface area (Å²) in [6.07, 6.45) is 0. The van der Waals surface area contributed by atoms with Crippen molar-refractivity contribution < 1.29 is 4.39 Å². The maximum absolute atomic E-state index is 13.2. The first-order valence-electron chi connectivity index (χ1n) is 3.71. The molecule has 0 unspecified atom stereocenters. The van der Waals surface area contributed by atoms with Crippen LogP contribution in [0.1, 0.15) is 5.56 Å². The van der Waals surface area contributed by atoms with Crippen LogP contribution in [-0.4, -0.2) is 0 Å². The number of anilines is 1. The maximum Gasteiger partial charge on any atom is 0.137 e. The fourth-order valence-electron chi connectivity index (χ4n) is 1.25. The molecule has 14 heavy (non-hydrogen) atoms. The topological polar surface area (TPSA) is 49.8 Å². The molecule has 0 aliphatic carbocycles. The van der Waals surface area contributed by atoms with E-state index >= 15 is 0 Å². The van der Waals surface area contributed by atoms with Crippen LogP contribution in [0.25, 0.3) is 10.1 Å². The molecule has 5 heteroatoms. The van der Waals surface area contributed by atoms with Gasteiger partial charge in [0.15, 0.2) is 0 Å². The van der Waals surface area contributed by atoms with Crippen molar-refractivity contribution in [2.45, 2.75) is 0 Å². The Labute approximate surface area is 97.3 Å². The van der Waals surface area contributed by atoms with Crippen LogP contribution in [0.15, 0.2) is 12.1 Å². The van der Waals surface area contributed by atoms with Gasteiger partial charge in [-0.05, 0) is 34.7 Å². The monoisotopic (exact) mass is 318 g/mol. The summed E-state index contributed by atoms with van der Waals surface area (Å²) >= 11 is 3.20. The maximum atomic E-state index is 13.2. The second kappa shape index (κ2) is 3.37. The molecule has 70 valence electrons. The molecule has 0 radical (unpaired) electrons. The molecule has 2 aromatic rings. The summed E-state index contributed by atoms with van der Waals surface area (Å²) in [6.45, 7) is 0. The minimum absolute atomic E-state index is 0.313. The second-order valence-corrected chi connectivity index (χ2v) is 4.85. The van der Waals surface area contributed by atoms with E-state index in [4.69, 9.17) is 11.0 Å². The molecule has 2 nitrogen and oxygen atoms in total. The van der Waals surface area contributed by atoms with Gasteiger partial charge in [-0.3, -0.25) is 0 Å². The predicted molar refractivity (Wildman–Crippen MR) is 63.6 cm³/mol. The lowest BCUT2D eigenvalue weighted by Crippen LogP contribution is -1.86. The Morgan fingerprint density at radius 2 is 2.21 bits per heavy atom. The zero-order chi connectivity index (χ0) is 10.3. The van der Waals surface area contributed by atoms with Gasteiger partial charge in [-0.2, -0.15) is 5.26 Å². The van der Waals surface area contributed by atoms with Crippen molar-refractivity contribution in [3.63, 3.8) is 0 Å². The minimum Gasteiger partial charge on any atom is -0.389 e. The molecule has 1 aromatic carbocycles. The number of hydrogen-bond acceptors (Lipinski definition) is 3. The van der Waals surface area contributed by atoms with Gasteiger partial charge in [0, 0.05) is 10.1 Å². The highest BCUT2D eigenvalue weighted by atomic mass is 127. The van der Waals surface area contributed by atoms with Crippen molar-refractivity contribution in [3.05, 3.63) is 27.1 Å².